The maximum Gasteiger partial charge on any atom is 0.416 e. The molecule has 2 N–H and O–H groups in total. The molecular weight excluding hydrogens is 956 g/mol. The number of alkyl halides is 3. The van der Waals surface area contributed by atoms with Crippen LogP contribution in [0.4, 0.5) is 13.2 Å². The summed E-state index contributed by atoms with van der Waals surface area (Å²) in [6.07, 6.45) is 0.577. The van der Waals surface area contributed by atoms with Gasteiger partial charge in [-0.05, 0) is 74.9 Å². The number of aromatic nitrogens is 4. The Morgan fingerprint density at radius 2 is 1.06 bits per heavy atom. The smallest absolute Gasteiger partial charge is 0.326 e. The van der Waals surface area contributed by atoms with Crippen molar-refractivity contribution in [1.82, 2.24) is 49.3 Å². The molecule has 72 heavy (non-hydrogen) atoms. The van der Waals surface area contributed by atoms with E-state index < -0.39 is 11.7 Å². The van der Waals surface area contributed by atoms with E-state index in [-0.39, 0.29) is 58.8 Å². The van der Waals surface area contributed by atoms with Crippen molar-refractivity contribution in [3.05, 3.63) is 108 Å². The van der Waals surface area contributed by atoms with Crippen LogP contribution in [-0.2, 0) is 15.8 Å². The minimum atomic E-state index is -4.45. The molecule has 2 unspecified atom stereocenters. The molecule has 8 heterocycles. The number of likely N-dealkylation sites (tertiary alicyclic amines) is 2. The van der Waals surface area contributed by atoms with E-state index in [9.17, 15) is 28.0 Å². The molecule has 13 nitrogen and oxygen atoms in total. The zero-order valence-corrected chi connectivity index (χ0v) is 41.6. The third-order valence-corrected chi connectivity index (χ3v) is 18.9. The van der Waals surface area contributed by atoms with Gasteiger partial charge in [-0.2, -0.15) is 18.4 Å². The molecule has 2 aromatic heterocycles. The number of rotatable bonds is 9. The van der Waals surface area contributed by atoms with Gasteiger partial charge in [-0.25, -0.2) is 9.97 Å². The highest BCUT2D eigenvalue weighted by Gasteiger charge is 2.48. The summed E-state index contributed by atoms with van der Waals surface area (Å²) in [6.45, 7) is 6.28. The first-order chi connectivity index (χ1) is 35.1. The molecule has 374 valence electrons. The zero-order valence-electron chi connectivity index (χ0n) is 40.0. The lowest BCUT2D eigenvalue weighted by molar-refractivity contribution is -0.137. The van der Waals surface area contributed by atoms with E-state index in [2.05, 4.69) is 52.7 Å². The number of amides is 2. The van der Waals surface area contributed by atoms with Gasteiger partial charge in [0.2, 0.25) is 11.8 Å². The molecule has 12 rings (SSSR count). The second kappa shape index (κ2) is 19.8. The Bertz CT molecular complexity index is 3000. The van der Waals surface area contributed by atoms with Crippen LogP contribution < -0.4 is 10.6 Å². The van der Waals surface area contributed by atoms with Crippen LogP contribution in [0.25, 0.3) is 44.8 Å². The molecule has 6 aromatic rings. The average Bonchev–Trinajstić information content (AvgIpc) is 4.29. The average molecular weight is 1010 g/mol. The molecule has 18 heteroatoms. The number of imidazole rings is 2. The Morgan fingerprint density at radius 1 is 0.597 bits per heavy atom. The molecule has 2 amide bonds. The lowest BCUT2D eigenvalue weighted by Gasteiger charge is -2.37. The molecule has 0 spiro atoms. The van der Waals surface area contributed by atoms with Gasteiger partial charge in [0.1, 0.15) is 22.4 Å². The third kappa shape index (κ3) is 8.97. The minimum absolute atomic E-state index is 0.0653. The summed E-state index contributed by atoms with van der Waals surface area (Å²) < 4.78 is 45.7. The van der Waals surface area contributed by atoms with Crippen molar-refractivity contribution in [3.63, 3.8) is 0 Å². The van der Waals surface area contributed by atoms with Gasteiger partial charge in [0.15, 0.2) is 0 Å². The Morgan fingerprint density at radius 3 is 1.51 bits per heavy atom. The van der Waals surface area contributed by atoms with Gasteiger partial charge in [0.05, 0.1) is 51.3 Å². The van der Waals surface area contributed by atoms with Crippen LogP contribution in [0.2, 0.25) is 0 Å². The standard InChI is InChI=1S/C54H58F3N11O2S2/c55-54(56,57)37-12-14-47-43(28-37)62-49(36-9-5-2-6-10-36)68(47)39-17-21-64(22-18-39)41-30-45(60-33-41)51(70)66-24-26-72-53(66)52-65(23-25-71-52)50(69)44-29-40(32-59-44)63-19-15-38(16-20-63)67-46-13-11-34(31-58)27-42(46)61-48(67)35-7-3-1-4-8-35/h1-14,27-28,38-41,44-45,52-53,59-60H,15-26,29-30,32-33H2/t40-,41-,44-,45-,52?,53?/m0/s1. The van der Waals surface area contributed by atoms with Crippen molar-refractivity contribution in [2.75, 3.05) is 63.9 Å². The van der Waals surface area contributed by atoms with Gasteiger partial charge in [-0.15, -0.1) is 23.5 Å². The van der Waals surface area contributed by atoms with E-state index in [1.165, 1.54) is 0 Å². The number of benzene rings is 4. The number of nitrogens with one attached hydrogen (secondary N) is 2. The molecule has 0 radical (unpaired) electrons. The highest BCUT2D eigenvalue weighted by Crippen LogP contribution is 2.42. The van der Waals surface area contributed by atoms with Gasteiger partial charge in [0, 0.05) is 99.2 Å². The maximum absolute atomic E-state index is 14.5. The van der Waals surface area contributed by atoms with Gasteiger partial charge in [0.25, 0.3) is 0 Å². The summed E-state index contributed by atoms with van der Waals surface area (Å²) in [5, 5.41) is 16.6. The van der Waals surface area contributed by atoms with E-state index in [4.69, 9.17) is 9.97 Å². The topological polar surface area (TPSA) is 131 Å². The predicted molar refractivity (Wildman–Crippen MR) is 276 cm³/mol. The van der Waals surface area contributed by atoms with Gasteiger partial charge in [-0.3, -0.25) is 19.4 Å². The number of piperidine rings is 2. The number of hydrogen-bond donors (Lipinski definition) is 2. The largest absolute Gasteiger partial charge is 0.416 e. The summed E-state index contributed by atoms with van der Waals surface area (Å²) in [5.41, 5.74) is 4.78. The Balaban J connectivity index is 0.655. The summed E-state index contributed by atoms with van der Waals surface area (Å²) in [6, 6.07) is 32.1. The van der Waals surface area contributed by atoms with Crippen LogP contribution in [0, 0.1) is 11.3 Å². The van der Waals surface area contributed by atoms with Crippen molar-refractivity contribution in [2.45, 2.75) is 91.7 Å². The van der Waals surface area contributed by atoms with Crippen LogP contribution in [0.15, 0.2) is 97.1 Å². The summed E-state index contributed by atoms with van der Waals surface area (Å²) >= 11 is 3.59. The number of thioether (sulfide) groups is 2. The molecule has 6 aliphatic rings. The number of hydrogen-bond acceptors (Lipinski definition) is 11. The summed E-state index contributed by atoms with van der Waals surface area (Å²) in [4.78, 5) is 47.9. The SMILES string of the molecule is N#Cc1ccc2c(c1)nc(-c1ccccc1)n2C1CCN([C@@H]2CN[C@H](C(=O)N3CCSC3C3SCCN3C(=O)[C@@H]3C[C@H](N4CCC(n5c(-c6ccccc6)nc6cc(C(F)(F)F)ccc65)CC4)CN3)C2)CC1. The quantitative estimate of drug-likeness (QED) is 0.147. The van der Waals surface area contributed by atoms with Crippen molar-refractivity contribution in [1.29, 1.82) is 5.26 Å². The fourth-order valence-corrected chi connectivity index (χ4v) is 15.4. The lowest BCUT2D eigenvalue weighted by Crippen LogP contribution is -2.54. The monoisotopic (exact) mass is 1010 g/mol. The van der Waals surface area contributed by atoms with Crippen molar-refractivity contribution < 1.29 is 22.8 Å². The van der Waals surface area contributed by atoms with Crippen LogP contribution in [0.5, 0.6) is 0 Å². The second-order valence-electron chi connectivity index (χ2n) is 20.2. The van der Waals surface area contributed by atoms with Crippen LogP contribution in [0.3, 0.4) is 0 Å². The van der Waals surface area contributed by atoms with Gasteiger partial charge >= 0.3 is 6.18 Å². The molecule has 6 atom stereocenters. The van der Waals surface area contributed by atoms with Gasteiger partial charge in [-0.1, -0.05) is 60.7 Å². The fraction of sp³-hybridized carbons (Fsp3) is 0.463. The first kappa shape index (κ1) is 47.6. The van der Waals surface area contributed by atoms with Crippen molar-refractivity contribution in [2.24, 2.45) is 0 Å². The highest BCUT2D eigenvalue weighted by atomic mass is 32.2. The highest BCUT2D eigenvalue weighted by molar-refractivity contribution is 8.04. The van der Waals surface area contributed by atoms with E-state index in [0.29, 0.717) is 48.5 Å². The van der Waals surface area contributed by atoms with E-state index >= 15 is 0 Å². The van der Waals surface area contributed by atoms with Gasteiger partial charge < -0.3 is 29.6 Å². The molecule has 0 aliphatic carbocycles. The predicted octanol–water partition coefficient (Wildman–Crippen LogP) is 7.85. The van der Waals surface area contributed by atoms with Crippen molar-refractivity contribution in [3.8, 4) is 28.8 Å². The Kier molecular flexibility index (Phi) is 13.1. The number of nitriles is 1. The number of carbonyl (C=O) groups is 2. The Hall–Kier alpha value is -5.42. The molecule has 6 fully saturated rings. The van der Waals surface area contributed by atoms with E-state index in [1.807, 2.05) is 71.6 Å². The maximum atomic E-state index is 14.5. The van der Waals surface area contributed by atoms with Crippen LogP contribution in [-0.4, -0.2) is 149 Å². The van der Waals surface area contributed by atoms with E-state index in [0.717, 1.165) is 116 Å². The molecular formula is C54H58F3N11O2S2. The molecule has 6 aliphatic heterocycles. The lowest BCUT2D eigenvalue weighted by atomic mass is 10.0. The second-order valence-corrected chi connectivity index (χ2v) is 22.6. The first-order valence-corrected chi connectivity index (χ1v) is 27.6. The molecule has 0 bridgehead atoms. The molecule has 6 saturated heterocycles. The Labute approximate surface area is 425 Å². The number of fused-ring (bicyclic) bond motifs is 2. The summed E-state index contributed by atoms with van der Waals surface area (Å²) in [7, 11) is 0. The molecule has 4 aromatic carbocycles. The number of halogens is 3. The van der Waals surface area contributed by atoms with E-state index in [1.54, 1.807) is 29.6 Å². The van der Waals surface area contributed by atoms with Crippen molar-refractivity contribution >= 4 is 57.4 Å². The number of nitrogens with zero attached hydrogens (tertiary/aromatic N) is 9. The zero-order chi connectivity index (χ0) is 49.1. The fourth-order valence-electron chi connectivity index (χ4n) is 12.5. The third-order valence-electron chi connectivity index (χ3n) is 16.1. The first-order valence-electron chi connectivity index (χ1n) is 25.5. The minimum Gasteiger partial charge on any atom is -0.326 e. The molecule has 0 saturated carbocycles. The summed E-state index contributed by atoms with van der Waals surface area (Å²) in [5.74, 6) is 3.56. The van der Waals surface area contributed by atoms with Crippen LogP contribution >= 0.6 is 23.5 Å². The number of carbonyl (C=O) groups excluding carboxylic acids is 2. The van der Waals surface area contributed by atoms with Crippen LogP contribution in [0.1, 0.15) is 61.7 Å². The normalized spacial score (nSPS) is 26.1.